The van der Waals surface area contributed by atoms with Crippen molar-refractivity contribution in [3.8, 4) is 0 Å². The first kappa shape index (κ1) is 12.4. The van der Waals surface area contributed by atoms with Gasteiger partial charge in [-0.1, -0.05) is 0 Å². The summed E-state index contributed by atoms with van der Waals surface area (Å²) in [4.78, 5) is 0. The van der Waals surface area contributed by atoms with Crippen molar-refractivity contribution >= 4 is 23.9 Å². The van der Waals surface area contributed by atoms with Gasteiger partial charge in [-0.15, -0.1) is 0 Å². The molecule has 0 aliphatic carbocycles. The van der Waals surface area contributed by atoms with Gasteiger partial charge in [-0.2, -0.15) is 0 Å². The predicted molar refractivity (Wildman–Crippen MR) is 80.6 cm³/mol. The molecule has 0 fully saturated rings. The van der Waals surface area contributed by atoms with E-state index in [1.54, 1.807) is 0 Å². The molecule has 0 bridgehead atoms. The molecule has 0 saturated heterocycles. The molecule has 1 nitrogen and oxygen atoms in total. The van der Waals surface area contributed by atoms with Crippen molar-refractivity contribution < 1.29 is 5.11 Å². The maximum absolute atomic E-state index is 10.0. The van der Waals surface area contributed by atoms with Gasteiger partial charge in [0.15, 0.2) is 0 Å². The van der Waals surface area contributed by atoms with E-state index in [0.717, 1.165) is 0 Å². The molecule has 1 aliphatic heterocycles. The van der Waals surface area contributed by atoms with E-state index in [1.807, 2.05) is 48.6 Å². The van der Waals surface area contributed by atoms with Crippen LogP contribution in [-0.4, -0.2) is 26.2 Å². The van der Waals surface area contributed by atoms with Crippen LogP contribution in [0.3, 0.4) is 0 Å². The van der Waals surface area contributed by atoms with Gasteiger partial charge < -0.3 is 0 Å². The monoisotopic (exact) mass is 314 g/mol. The van der Waals surface area contributed by atoms with Gasteiger partial charge in [0.25, 0.3) is 0 Å². The molecule has 0 amide bonds. The topological polar surface area (TPSA) is 20.2 Å². The average Bonchev–Trinajstić information content (AvgIpc) is 2.48. The summed E-state index contributed by atoms with van der Waals surface area (Å²) in [7, 11) is 0. The van der Waals surface area contributed by atoms with Crippen molar-refractivity contribution in [1.29, 1.82) is 0 Å². The van der Waals surface area contributed by atoms with Gasteiger partial charge in [0.2, 0.25) is 0 Å². The van der Waals surface area contributed by atoms with Crippen LogP contribution in [0.5, 0.6) is 0 Å². The van der Waals surface area contributed by atoms with Crippen molar-refractivity contribution in [3.05, 3.63) is 83.9 Å². The second-order valence-corrected chi connectivity index (χ2v) is 6.66. The summed E-state index contributed by atoms with van der Waals surface area (Å²) in [5.41, 5.74) is 2.42. The third kappa shape index (κ3) is 2.87. The van der Waals surface area contributed by atoms with Crippen molar-refractivity contribution in [2.24, 2.45) is 0 Å². The summed E-state index contributed by atoms with van der Waals surface area (Å²) < 4.78 is 2.50. The first-order chi connectivity index (χ1) is 9.33. The normalized spacial score (nSPS) is 15.8. The van der Waals surface area contributed by atoms with E-state index in [4.69, 9.17) is 0 Å². The van der Waals surface area contributed by atoms with Crippen LogP contribution in [0, 0.1) is 0 Å². The molecule has 0 spiro atoms. The van der Waals surface area contributed by atoms with Gasteiger partial charge >= 0.3 is 119 Å². The van der Waals surface area contributed by atoms with E-state index in [1.165, 1.54) is 20.1 Å². The fraction of sp³-hybridized carbons (Fsp3) is 0.0588. The van der Waals surface area contributed by atoms with E-state index in [9.17, 15) is 5.11 Å². The molecule has 1 aliphatic rings. The van der Waals surface area contributed by atoms with Crippen LogP contribution in [0.1, 0.15) is 11.1 Å². The molecule has 2 aromatic carbocycles. The molecular weight excluding hydrogens is 299 g/mol. The van der Waals surface area contributed by atoms with E-state index >= 15 is 0 Å². The Kier molecular flexibility index (Phi) is 3.65. The van der Waals surface area contributed by atoms with Crippen LogP contribution < -0.4 is 0 Å². The fourth-order valence-electron chi connectivity index (χ4n) is 2.06. The van der Waals surface area contributed by atoms with Gasteiger partial charge in [0.1, 0.15) is 0 Å². The van der Waals surface area contributed by atoms with Gasteiger partial charge in [-0.05, 0) is 0 Å². The second-order valence-electron chi connectivity index (χ2n) is 4.39. The van der Waals surface area contributed by atoms with Crippen LogP contribution in [0.4, 0.5) is 0 Å². The molecule has 0 atom stereocenters. The minimum absolute atomic E-state index is 0.238. The summed E-state index contributed by atoms with van der Waals surface area (Å²) in [5.74, 6) is 0. The van der Waals surface area contributed by atoms with Gasteiger partial charge in [-0.3, -0.25) is 0 Å². The Morgan fingerprint density at radius 1 is 0.684 bits per heavy atom. The van der Waals surface area contributed by atoms with Crippen molar-refractivity contribution in [3.63, 3.8) is 0 Å². The average molecular weight is 313 g/mol. The van der Waals surface area contributed by atoms with E-state index < -0.39 is 6.10 Å². The van der Waals surface area contributed by atoms with E-state index in [0.29, 0.717) is 0 Å². The molecular formula is C17H14OSe. The second kappa shape index (κ2) is 5.58. The fourth-order valence-corrected chi connectivity index (χ4v) is 4.49. The molecule has 0 saturated carbocycles. The molecule has 3 rings (SSSR count). The number of benzene rings is 2. The number of hydrogen-bond acceptors (Lipinski definition) is 1. The Morgan fingerprint density at radius 2 is 1.11 bits per heavy atom. The van der Waals surface area contributed by atoms with Crippen molar-refractivity contribution in [2.75, 3.05) is 0 Å². The molecule has 94 valence electrons. The van der Waals surface area contributed by atoms with Crippen LogP contribution >= 0.6 is 0 Å². The molecule has 1 N–H and O–H groups in total. The van der Waals surface area contributed by atoms with Crippen LogP contribution in [0.25, 0.3) is 8.94 Å². The zero-order valence-electron chi connectivity index (χ0n) is 10.4. The number of aliphatic hydroxyl groups is 1. The van der Waals surface area contributed by atoms with Gasteiger partial charge in [0, 0.05) is 0 Å². The number of rotatable bonds is 2. The molecule has 0 aromatic heterocycles. The molecule has 19 heavy (non-hydrogen) atoms. The molecule has 2 aromatic rings. The van der Waals surface area contributed by atoms with Crippen LogP contribution in [0.2, 0.25) is 0 Å². The Bertz CT molecular complexity index is 559. The van der Waals surface area contributed by atoms with Crippen molar-refractivity contribution in [2.45, 2.75) is 6.10 Å². The standard InChI is InChI=1S/C17H14OSe/c18-15-11-16(13-7-3-1-4-8-13)19-17(12-15)14-9-5-2-6-10-14/h1-12,15,18H. The Balaban J connectivity index is 1.92. The molecule has 0 unspecified atom stereocenters. The summed E-state index contributed by atoms with van der Waals surface area (Å²) in [6.07, 6.45) is 3.44. The van der Waals surface area contributed by atoms with E-state index in [2.05, 4.69) is 24.3 Å². The first-order valence-electron chi connectivity index (χ1n) is 6.23. The first-order valence-corrected chi connectivity index (χ1v) is 7.94. The third-order valence-corrected chi connectivity index (χ3v) is 5.46. The van der Waals surface area contributed by atoms with Gasteiger partial charge in [0.05, 0.1) is 0 Å². The quantitative estimate of drug-likeness (QED) is 0.845. The summed E-state index contributed by atoms with van der Waals surface area (Å²) >= 11 is 0.238. The molecule has 1 heterocycles. The third-order valence-electron chi connectivity index (χ3n) is 2.98. The Hall–Kier alpha value is -1.60. The summed E-state index contributed by atoms with van der Waals surface area (Å²) in [5, 5.41) is 10.0. The maximum atomic E-state index is 10.0. The Morgan fingerprint density at radius 3 is 1.53 bits per heavy atom. The van der Waals surface area contributed by atoms with Gasteiger partial charge in [-0.25, -0.2) is 0 Å². The van der Waals surface area contributed by atoms with E-state index in [-0.39, 0.29) is 15.0 Å². The number of hydrogen-bond donors (Lipinski definition) is 1. The molecule has 2 heteroatoms. The Labute approximate surface area is 119 Å². The molecule has 0 radical (unpaired) electrons. The zero-order valence-corrected chi connectivity index (χ0v) is 12.1. The van der Waals surface area contributed by atoms with Crippen LogP contribution in [0.15, 0.2) is 72.8 Å². The SMILES string of the molecule is OC1C=C(c2ccccc2)[Se]C(c2ccccc2)=C1. The summed E-state index contributed by atoms with van der Waals surface area (Å²) in [6, 6.07) is 20.6. The predicted octanol–water partition coefficient (Wildman–Crippen LogP) is 3.15. The van der Waals surface area contributed by atoms with Crippen molar-refractivity contribution in [1.82, 2.24) is 0 Å². The zero-order chi connectivity index (χ0) is 13.1. The number of aliphatic hydroxyl groups excluding tert-OH is 1. The van der Waals surface area contributed by atoms with Crippen LogP contribution in [-0.2, 0) is 0 Å². The summed E-state index contributed by atoms with van der Waals surface area (Å²) in [6.45, 7) is 0. The minimum atomic E-state index is -0.485.